The quantitative estimate of drug-likeness (QED) is 0.624. The fourth-order valence-corrected chi connectivity index (χ4v) is 2.83. The first-order chi connectivity index (χ1) is 13.2. The van der Waals surface area contributed by atoms with Gasteiger partial charge in [-0.2, -0.15) is 0 Å². The van der Waals surface area contributed by atoms with Crippen LogP contribution in [0.25, 0.3) is 0 Å². The molecule has 1 aromatic heterocycles. The van der Waals surface area contributed by atoms with Crippen LogP contribution < -0.4 is 10.6 Å². The van der Waals surface area contributed by atoms with Gasteiger partial charge in [0.15, 0.2) is 0 Å². The van der Waals surface area contributed by atoms with Crippen molar-refractivity contribution in [3.8, 4) is 0 Å². The standard InChI is InChI=1S/C21H21ClN4O/c22-18-8-4-7-17(13-18)10-12-24-21(27)19-14-26-20(15-25-19)23-11-9-16-5-2-1-3-6-16/h1-8,13-15H,9-12H2,(H,23,26)(H,24,27). The molecule has 0 aliphatic heterocycles. The predicted octanol–water partition coefficient (Wildman–Crippen LogP) is 3.76. The maximum Gasteiger partial charge on any atom is 0.271 e. The molecule has 138 valence electrons. The average Bonchev–Trinajstić information content (AvgIpc) is 2.69. The third-order valence-electron chi connectivity index (χ3n) is 4.04. The van der Waals surface area contributed by atoms with E-state index in [9.17, 15) is 4.79 Å². The number of anilines is 1. The minimum atomic E-state index is -0.236. The summed E-state index contributed by atoms with van der Waals surface area (Å²) in [6.07, 6.45) is 4.67. The topological polar surface area (TPSA) is 66.9 Å². The molecule has 0 saturated heterocycles. The zero-order valence-corrected chi connectivity index (χ0v) is 15.6. The van der Waals surface area contributed by atoms with Crippen molar-refractivity contribution in [3.05, 3.63) is 88.8 Å². The molecule has 0 radical (unpaired) electrons. The molecule has 5 nitrogen and oxygen atoms in total. The van der Waals surface area contributed by atoms with Crippen molar-refractivity contribution in [2.24, 2.45) is 0 Å². The van der Waals surface area contributed by atoms with Crippen LogP contribution >= 0.6 is 11.6 Å². The minimum Gasteiger partial charge on any atom is -0.368 e. The van der Waals surface area contributed by atoms with Gasteiger partial charge in [0.05, 0.1) is 12.4 Å². The lowest BCUT2D eigenvalue weighted by Crippen LogP contribution is -2.26. The van der Waals surface area contributed by atoms with E-state index in [1.807, 2.05) is 42.5 Å². The van der Waals surface area contributed by atoms with Gasteiger partial charge in [0.1, 0.15) is 11.5 Å². The van der Waals surface area contributed by atoms with E-state index < -0.39 is 0 Å². The van der Waals surface area contributed by atoms with Crippen LogP contribution in [0.3, 0.4) is 0 Å². The van der Waals surface area contributed by atoms with E-state index in [-0.39, 0.29) is 5.91 Å². The number of hydrogen-bond acceptors (Lipinski definition) is 4. The molecule has 1 heterocycles. The lowest BCUT2D eigenvalue weighted by molar-refractivity contribution is 0.0949. The van der Waals surface area contributed by atoms with Crippen molar-refractivity contribution in [3.63, 3.8) is 0 Å². The van der Waals surface area contributed by atoms with Crippen LogP contribution in [-0.4, -0.2) is 29.0 Å². The monoisotopic (exact) mass is 380 g/mol. The highest BCUT2D eigenvalue weighted by molar-refractivity contribution is 6.30. The molecule has 27 heavy (non-hydrogen) atoms. The van der Waals surface area contributed by atoms with Crippen LogP contribution in [-0.2, 0) is 12.8 Å². The summed E-state index contributed by atoms with van der Waals surface area (Å²) in [6.45, 7) is 1.27. The van der Waals surface area contributed by atoms with Crippen molar-refractivity contribution in [2.75, 3.05) is 18.4 Å². The summed E-state index contributed by atoms with van der Waals surface area (Å²) in [5.74, 6) is 0.418. The van der Waals surface area contributed by atoms with Crippen LogP contribution in [0, 0.1) is 0 Å². The number of nitrogens with one attached hydrogen (secondary N) is 2. The van der Waals surface area contributed by atoms with Gasteiger partial charge in [-0.1, -0.05) is 54.1 Å². The Morgan fingerprint density at radius 2 is 1.67 bits per heavy atom. The number of carbonyl (C=O) groups excluding carboxylic acids is 1. The number of benzene rings is 2. The van der Waals surface area contributed by atoms with E-state index in [4.69, 9.17) is 11.6 Å². The molecular formula is C21H21ClN4O. The Hall–Kier alpha value is -2.92. The van der Waals surface area contributed by atoms with E-state index in [2.05, 4.69) is 32.7 Å². The van der Waals surface area contributed by atoms with Crippen molar-refractivity contribution in [1.82, 2.24) is 15.3 Å². The zero-order chi connectivity index (χ0) is 18.9. The van der Waals surface area contributed by atoms with Gasteiger partial charge in [-0.25, -0.2) is 9.97 Å². The van der Waals surface area contributed by atoms with Gasteiger partial charge in [0.2, 0.25) is 0 Å². The molecule has 0 atom stereocenters. The fraction of sp³-hybridized carbons (Fsp3) is 0.190. The SMILES string of the molecule is O=C(NCCc1cccc(Cl)c1)c1cnc(NCCc2ccccc2)cn1. The van der Waals surface area contributed by atoms with Crippen LogP contribution in [0.15, 0.2) is 67.0 Å². The maximum atomic E-state index is 12.2. The average molecular weight is 381 g/mol. The molecule has 1 amide bonds. The number of aromatic nitrogens is 2. The number of amides is 1. The van der Waals surface area contributed by atoms with Gasteiger partial charge in [-0.15, -0.1) is 0 Å². The van der Waals surface area contributed by atoms with E-state index in [1.54, 1.807) is 6.20 Å². The molecule has 6 heteroatoms. The normalized spacial score (nSPS) is 10.4. The Labute approximate surface area is 163 Å². The van der Waals surface area contributed by atoms with E-state index in [0.29, 0.717) is 29.5 Å². The highest BCUT2D eigenvalue weighted by Crippen LogP contribution is 2.10. The molecule has 0 bridgehead atoms. The molecule has 0 aliphatic carbocycles. The molecule has 3 rings (SSSR count). The molecule has 0 spiro atoms. The molecule has 2 N–H and O–H groups in total. The second-order valence-electron chi connectivity index (χ2n) is 6.09. The van der Waals surface area contributed by atoms with Crippen molar-refractivity contribution in [2.45, 2.75) is 12.8 Å². The van der Waals surface area contributed by atoms with Crippen LogP contribution in [0.1, 0.15) is 21.6 Å². The molecule has 3 aromatic rings. The summed E-state index contributed by atoms with van der Waals surface area (Å²) in [4.78, 5) is 20.6. The van der Waals surface area contributed by atoms with Crippen molar-refractivity contribution < 1.29 is 4.79 Å². The van der Waals surface area contributed by atoms with Gasteiger partial charge in [0.25, 0.3) is 5.91 Å². The van der Waals surface area contributed by atoms with E-state index in [0.717, 1.165) is 18.5 Å². The second-order valence-corrected chi connectivity index (χ2v) is 6.52. The Morgan fingerprint density at radius 3 is 2.41 bits per heavy atom. The number of carbonyl (C=O) groups is 1. The van der Waals surface area contributed by atoms with E-state index in [1.165, 1.54) is 11.8 Å². The van der Waals surface area contributed by atoms with Crippen LogP contribution in [0.4, 0.5) is 5.82 Å². The zero-order valence-electron chi connectivity index (χ0n) is 14.9. The third-order valence-corrected chi connectivity index (χ3v) is 4.27. The summed E-state index contributed by atoms with van der Waals surface area (Å²) in [6, 6.07) is 17.8. The van der Waals surface area contributed by atoms with Gasteiger partial charge in [0, 0.05) is 18.1 Å². The first kappa shape index (κ1) is 18.9. The number of halogens is 1. The largest absolute Gasteiger partial charge is 0.368 e. The Kier molecular flexibility index (Phi) is 6.77. The van der Waals surface area contributed by atoms with Gasteiger partial charge >= 0.3 is 0 Å². The number of rotatable bonds is 8. The molecule has 0 fully saturated rings. The highest BCUT2D eigenvalue weighted by atomic mass is 35.5. The Bertz CT molecular complexity index is 869. The summed E-state index contributed by atoms with van der Waals surface area (Å²) in [7, 11) is 0. The smallest absolute Gasteiger partial charge is 0.271 e. The first-order valence-corrected chi connectivity index (χ1v) is 9.21. The Balaban J connectivity index is 1.43. The fourth-order valence-electron chi connectivity index (χ4n) is 2.62. The lowest BCUT2D eigenvalue weighted by atomic mass is 10.1. The van der Waals surface area contributed by atoms with Crippen molar-refractivity contribution in [1.29, 1.82) is 0 Å². The summed E-state index contributed by atoms with van der Waals surface area (Å²) >= 11 is 5.96. The van der Waals surface area contributed by atoms with E-state index >= 15 is 0 Å². The number of hydrogen-bond donors (Lipinski definition) is 2. The number of nitrogens with zero attached hydrogens (tertiary/aromatic N) is 2. The summed E-state index contributed by atoms with van der Waals surface area (Å²) in [5.41, 5.74) is 2.63. The molecule has 0 aliphatic rings. The molecular weight excluding hydrogens is 360 g/mol. The molecule has 0 unspecified atom stereocenters. The van der Waals surface area contributed by atoms with Crippen molar-refractivity contribution >= 4 is 23.3 Å². The Morgan fingerprint density at radius 1 is 0.889 bits per heavy atom. The van der Waals surface area contributed by atoms with Crippen LogP contribution in [0.5, 0.6) is 0 Å². The lowest BCUT2D eigenvalue weighted by Gasteiger charge is -2.07. The second kappa shape index (κ2) is 9.69. The summed E-state index contributed by atoms with van der Waals surface area (Å²) < 4.78 is 0. The third kappa shape index (κ3) is 6.08. The van der Waals surface area contributed by atoms with Crippen LogP contribution in [0.2, 0.25) is 5.02 Å². The minimum absolute atomic E-state index is 0.236. The first-order valence-electron chi connectivity index (χ1n) is 8.83. The maximum absolute atomic E-state index is 12.2. The van der Waals surface area contributed by atoms with Gasteiger partial charge in [-0.3, -0.25) is 4.79 Å². The predicted molar refractivity (Wildman–Crippen MR) is 108 cm³/mol. The van der Waals surface area contributed by atoms with Gasteiger partial charge in [-0.05, 0) is 36.1 Å². The summed E-state index contributed by atoms with van der Waals surface area (Å²) in [5, 5.41) is 6.75. The van der Waals surface area contributed by atoms with Gasteiger partial charge < -0.3 is 10.6 Å². The molecule has 0 saturated carbocycles. The highest BCUT2D eigenvalue weighted by Gasteiger charge is 2.07. The molecule has 2 aromatic carbocycles.